The van der Waals surface area contributed by atoms with Gasteiger partial charge in [-0.3, -0.25) is 9.88 Å². The summed E-state index contributed by atoms with van der Waals surface area (Å²) in [7, 11) is 0. The van der Waals surface area contributed by atoms with Gasteiger partial charge in [0.2, 0.25) is 0 Å². The SMILES string of the molecule is Clc1cc(NCCN2CCOCC2)nc(-c2ccccn2)n1. The number of nitrogens with zero attached hydrogens (tertiary/aromatic N) is 4. The molecule has 1 aliphatic rings. The molecule has 0 spiro atoms. The third kappa shape index (κ3) is 4.13. The maximum absolute atomic E-state index is 6.08. The number of hydrogen-bond acceptors (Lipinski definition) is 6. The lowest BCUT2D eigenvalue weighted by atomic mass is 10.3. The van der Waals surface area contributed by atoms with Gasteiger partial charge in [-0.25, -0.2) is 9.97 Å². The summed E-state index contributed by atoms with van der Waals surface area (Å²) < 4.78 is 5.34. The van der Waals surface area contributed by atoms with Gasteiger partial charge in [0, 0.05) is 38.4 Å². The number of anilines is 1. The van der Waals surface area contributed by atoms with E-state index in [9.17, 15) is 0 Å². The minimum atomic E-state index is 0.407. The van der Waals surface area contributed by atoms with Gasteiger partial charge in [-0.05, 0) is 12.1 Å². The van der Waals surface area contributed by atoms with Gasteiger partial charge in [0.15, 0.2) is 5.82 Å². The van der Waals surface area contributed by atoms with Crippen LogP contribution in [0.25, 0.3) is 11.5 Å². The Hall–Kier alpha value is -1.76. The first kappa shape index (κ1) is 15.1. The van der Waals surface area contributed by atoms with Crippen molar-refractivity contribution in [3.8, 4) is 11.5 Å². The molecule has 3 rings (SSSR count). The van der Waals surface area contributed by atoms with Crippen molar-refractivity contribution in [1.82, 2.24) is 19.9 Å². The van der Waals surface area contributed by atoms with Gasteiger partial charge in [-0.1, -0.05) is 17.7 Å². The van der Waals surface area contributed by atoms with E-state index in [0.29, 0.717) is 22.5 Å². The highest BCUT2D eigenvalue weighted by Gasteiger charge is 2.10. The molecule has 1 saturated heterocycles. The summed E-state index contributed by atoms with van der Waals surface area (Å²) in [6.07, 6.45) is 1.71. The van der Waals surface area contributed by atoms with Gasteiger partial charge in [0.05, 0.1) is 13.2 Å². The van der Waals surface area contributed by atoms with Gasteiger partial charge < -0.3 is 10.1 Å². The minimum Gasteiger partial charge on any atom is -0.379 e. The number of hydrogen-bond donors (Lipinski definition) is 1. The fourth-order valence-electron chi connectivity index (χ4n) is 2.28. The van der Waals surface area contributed by atoms with Crippen LogP contribution in [0.1, 0.15) is 0 Å². The molecule has 0 unspecified atom stereocenters. The highest BCUT2D eigenvalue weighted by atomic mass is 35.5. The van der Waals surface area contributed by atoms with E-state index in [1.54, 1.807) is 12.3 Å². The molecule has 0 aromatic carbocycles. The molecule has 116 valence electrons. The molecule has 1 fully saturated rings. The number of rotatable bonds is 5. The fraction of sp³-hybridized carbons (Fsp3) is 0.400. The lowest BCUT2D eigenvalue weighted by molar-refractivity contribution is 0.0398. The fourth-order valence-corrected chi connectivity index (χ4v) is 2.47. The number of ether oxygens (including phenoxy) is 1. The van der Waals surface area contributed by atoms with E-state index in [0.717, 1.165) is 39.4 Å². The van der Waals surface area contributed by atoms with Crippen LogP contribution in [0.4, 0.5) is 5.82 Å². The van der Waals surface area contributed by atoms with Crippen molar-refractivity contribution in [2.45, 2.75) is 0 Å². The Kier molecular flexibility index (Phi) is 5.15. The highest BCUT2D eigenvalue weighted by Crippen LogP contribution is 2.18. The van der Waals surface area contributed by atoms with E-state index in [2.05, 4.69) is 25.2 Å². The molecule has 0 amide bonds. The van der Waals surface area contributed by atoms with E-state index in [4.69, 9.17) is 16.3 Å². The van der Waals surface area contributed by atoms with Crippen LogP contribution in [0.2, 0.25) is 5.15 Å². The summed E-state index contributed by atoms with van der Waals surface area (Å²) in [5.74, 6) is 1.25. The van der Waals surface area contributed by atoms with Crippen molar-refractivity contribution in [1.29, 1.82) is 0 Å². The second-order valence-electron chi connectivity index (χ2n) is 5.00. The first-order valence-corrected chi connectivity index (χ1v) is 7.69. The van der Waals surface area contributed by atoms with Gasteiger partial charge in [-0.2, -0.15) is 0 Å². The maximum Gasteiger partial charge on any atom is 0.181 e. The van der Waals surface area contributed by atoms with Crippen molar-refractivity contribution in [3.63, 3.8) is 0 Å². The standard InChI is InChI=1S/C15H18ClN5O/c16-13-11-14(18-5-6-21-7-9-22-10-8-21)20-15(19-13)12-3-1-2-4-17-12/h1-4,11H,5-10H2,(H,18,19,20). The smallest absolute Gasteiger partial charge is 0.181 e. The Bertz CT molecular complexity index is 604. The molecule has 2 aromatic heterocycles. The van der Waals surface area contributed by atoms with Crippen LogP contribution in [-0.2, 0) is 4.74 Å². The molecule has 1 N–H and O–H groups in total. The topological polar surface area (TPSA) is 63.2 Å². The van der Waals surface area contributed by atoms with Gasteiger partial charge in [0.1, 0.15) is 16.7 Å². The number of morpholine rings is 1. The molecule has 3 heterocycles. The molecular formula is C15H18ClN5O. The van der Waals surface area contributed by atoms with Crippen molar-refractivity contribution in [2.75, 3.05) is 44.7 Å². The lowest BCUT2D eigenvalue weighted by Crippen LogP contribution is -2.39. The number of nitrogens with one attached hydrogen (secondary N) is 1. The van der Waals surface area contributed by atoms with Crippen LogP contribution in [0, 0.1) is 0 Å². The van der Waals surface area contributed by atoms with Crippen LogP contribution >= 0.6 is 11.6 Å². The first-order chi connectivity index (χ1) is 10.8. The zero-order valence-corrected chi connectivity index (χ0v) is 13.0. The third-order valence-electron chi connectivity index (χ3n) is 3.43. The van der Waals surface area contributed by atoms with E-state index in [1.807, 2.05) is 18.2 Å². The zero-order chi connectivity index (χ0) is 15.2. The Morgan fingerprint density at radius 3 is 2.86 bits per heavy atom. The molecule has 22 heavy (non-hydrogen) atoms. The van der Waals surface area contributed by atoms with Crippen LogP contribution in [-0.4, -0.2) is 59.2 Å². The number of halogens is 1. The lowest BCUT2D eigenvalue weighted by Gasteiger charge is -2.26. The molecule has 7 heteroatoms. The maximum atomic E-state index is 6.08. The number of aromatic nitrogens is 3. The quantitative estimate of drug-likeness (QED) is 0.850. The Morgan fingerprint density at radius 2 is 2.09 bits per heavy atom. The number of pyridine rings is 1. The highest BCUT2D eigenvalue weighted by molar-refractivity contribution is 6.29. The summed E-state index contributed by atoms with van der Waals surface area (Å²) in [5.41, 5.74) is 0.709. The van der Waals surface area contributed by atoms with Crippen molar-refractivity contribution in [3.05, 3.63) is 35.6 Å². The normalized spacial score (nSPS) is 15.7. The Balaban J connectivity index is 1.62. The predicted octanol–water partition coefficient (Wildman–Crippen LogP) is 1.94. The van der Waals surface area contributed by atoms with Crippen LogP contribution in [0.3, 0.4) is 0 Å². The van der Waals surface area contributed by atoms with Gasteiger partial charge in [-0.15, -0.1) is 0 Å². The average molecular weight is 320 g/mol. The monoisotopic (exact) mass is 319 g/mol. The van der Waals surface area contributed by atoms with E-state index >= 15 is 0 Å². The van der Waals surface area contributed by atoms with Gasteiger partial charge >= 0.3 is 0 Å². The summed E-state index contributed by atoms with van der Waals surface area (Å²) in [5, 5.41) is 3.70. The molecular weight excluding hydrogens is 302 g/mol. The van der Waals surface area contributed by atoms with Crippen molar-refractivity contribution < 1.29 is 4.74 Å². The predicted molar refractivity (Wildman–Crippen MR) is 86.0 cm³/mol. The summed E-state index contributed by atoms with van der Waals surface area (Å²) >= 11 is 6.08. The van der Waals surface area contributed by atoms with E-state index in [-0.39, 0.29) is 0 Å². The second-order valence-corrected chi connectivity index (χ2v) is 5.38. The van der Waals surface area contributed by atoms with Crippen LogP contribution in [0.5, 0.6) is 0 Å². The van der Waals surface area contributed by atoms with Crippen LogP contribution < -0.4 is 5.32 Å². The third-order valence-corrected chi connectivity index (χ3v) is 3.62. The Morgan fingerprint density at radius 1 is 1.23 bits per heavy atom. The molecule has 0 radical (unpaired) electrons. The van der Waals surface area contributed by atoms with Gasteiger partial charge in [0.25, 0.3) is 0 Å². The molecule has 0 saturated carbocycles. The van der Waals surface area contributed by atoms with E-state index < -0.39 is 0 Å². The molecule has 0 bridgehead atoms. The first-order valence-electron chi connectivity index (χ1n) is 7.31. The van der Waals surface area contributed by atoms with Crippen LogP contribution in [0.15, 0.2) is 30.5 Å². The molecule has 0 aliphatic carbocycles. The minimum absolute atomic E-state index is 0.407. The summed E-state index contributed by atoms with van der Waals surface area (Å²) in [6.45, 7) is 5.32. The summed E-state index contributed by atoms with van der Waals surface area (Å²) in [6, 6.07) is 7.35. The van der Waals surface area contributed by atoms with Crippen molar-refractivity contribution >= 4 is 17.4 Å². The average Bonchev–Trinajstić information content (AvgIpc) is 2.56. The second kappa shape index (κ2) is 7.49. The molecule has 1 aliphatic heterocycles. The molecule has 2 aromatic rings. The largest absolute Gasteiger partial charge is 0.379 e. The summed E-state index contributed by atoms with van der Waals surface area (Å²) in [4.78, 5) is 15.3. The molecule has 0 atom stereocenters. The van der Waals surface area contributed by atoms with E-state index in [1.165, 1.54) is 0 Å². The zero-order valence-electron chi connectivity index (χ0n) is 12.2. The Labute approximate surface area is 134 Å². The van der Waals surface area contributed by atoms with Crippen molar-refractivity contribution in [2.24, 2.45) is 0 Å². The molecule has 6 nitrogen and oxygen atoms in total.